The van der Waals surface area contributed by atoms with E-state index in [1.165, 1.54) is 6.21 Å². The Kier molecular flexibility index (Phi) is 5.59. The standard InChI is InChI=1S/C27H25N3O3S/c1-26(2)21-10-6-7-11-22(21)27(33-26)15-14-19-12-13-23(31)20(24(19)32-27)17-29-30-25(34)28-16-18-8-4-3-5-9-18/h3-15,17,31H,16H2,1-2H3,(H2,28,30,34)/b29-17+/t27-/m0/s1. The van der Waals surface area contributed by atoms with Crippen LogP contribution in [0.1, 0.15) is 41.7 Å². The molecule has 1 spiro atoms. The molecule has 0 aromatic heterocycles. The first kappa shape index (κ1) is 22.1. The maximum Gasteiger partial charge on any atom is 0.258 e. The normalized spacial score (nSPS) is 19.5. The number of nitrogens with one attached hydrogen (secondary N) is 2. The molecule has 0 aliphatic carbocycles. The van der Waals surface area contributed by atoms with Crippen LogP contribution in [0.3, 0.4) is 0 Å². The van der Waals surface area contributed by atoms with Crippen LogP contribution < -0.4 is 15.5 Å². The second kappa shape index (κ2) is 8.59. The number of hydrogen-bond donors (Lipinski definition) is 3. The van der Waals surface area contributed by atoms with Crippen molar-refractivity contribution in [1.29, 1.82) is 0 Å². The largest absolute Gasteiger partial charge is 0.507 e. The lowest BCUT2D eigenvalue weighted by Gasteiger charge is -2.34. The lowest BCUT2D eigenvalue weighted by Crippen LogP contribution is -2.35. The summed E-state index contributed by atoms with van der Waals surface area (Å²) in [5, 5.41) is 18.3. The van der Waals surface area contributed by atoms with Crippen LogP contribution in [0.15, 0.2) is 77.9 Å². The van der Waals surface area contributed by atoms with Crippen molar-refractivity contribution in [2.75, 3.05) is 0 Å². The quantitative estimate of drug-likeness (QED) is 0.285. The molecule has 0 saturated heterocycles. The van der Waals surface area contributed by atoms with Gasteiger partial charge in [0.1, 0.15) is 11.5 Å². The molecular weight excluding hydrogens is 446 g/mol. The summed E-state index contributed by atoms with van der Waals surface area (Å²) in [6, 6.07) is 21.4. The fourth-order valence-electron chi connectivity index (χ4n) is 4.33. The van der Waals surface area contributed by atoms with E-state index in [4.69, 9.17) is 21.7 Å². The van der Waals surface area contributed by atoms with Crippen LogP contribution in [0.5, 0.6) is 11.5 Å². The van der Waals surface area contributed by atoms with Crippen LogP contribution in [0, 0.1) is 0 Å². The third kappa shape index (κ3) is 4.04. The van der Waals surface area contributed by atoms with E-state index in [2.05, 4.69) is 21.9 Å². The van der Waals surface area contributed by atoms with Gasteiger partial charge in [0.15, 0.2) is 5.11 Å². The van der Waals surface area contributed by atoms with E-state index >= 15 is 0 Å². The molecule has 34 heavy (non-hydrogen) atoms. The van der Waals surface area contributed by atoms with Gasteiger partial charge < -0.3 is 19.9 Å². The van der Waals surface area contributed by atoms with Gasteiger partial charge in [-0.25, -0.2) is 0 Å². The molecule has 0 radical (unpaired) electrons. The summed E-state index contributed by atoms with van der Waals surface area (Å²) < 4.78 is 12.9. The molecule has 5 rings (SSSR count). The molecular formula is C27H25N3O3S. The van der Waals surface area contributed by atoms with Gasteiger partial charge in [0.05, 0.1) is 17.4 Å². The molecule has 7 heteroatoms. The number of aromatic hydroxyl groups is 1. The van der Waals surface area contributed by atoms with Crippen LogP contribution >= 0.6 is 12.2 Å². The van der Waals surface area contributed by atoms with Gasteiger partial charge in [-0.05, 0) is 61.5 Å². The molecule has 172 valence electrons. The first-order chi connectivity index (χ1) is 16.4. The van der Waals surface area contributed by atoms with E-state index in [9.17, 15) is 5.11 Å². The van der Waals surface area contributed by atoms with Crippen molar-refractivity contribution in [2.45, 2.75) is 31.8 Å². The topological polar surface area (TPSA) is 75.1 Å². The lowest BCUT2D eigenvalue weighted by molar-refractivity contribution is -0.202. The zero-order valence-electron chi connectivity index (χ0n) is 18.9. The summed E-state index contributed by atoms with van der Waals surface area (Å²) in [4.78, 5) is 0. The predicted octanol–water partition coefficient (Wildman–Crippen LogP) is 4.91. The fraction of sp³-hybridized carbons (Fsp3) is 0.185. The number of phenolic OH excluding ortho intramolecular Hbond substituents is 1. The number of fused-ring (bicyclic) bond motifs is 3. The molecule has 6 nitrogen and oxygen atoms in total. The van der Waals surface area contributed by atoms with E-state index in [-0.39, 0.29) is 5.75 Å². The zero-order valence-corrected chi connectivity index (χ0v) is 19.7. The van der Waals surface area contributed by atoms with E-state index < -0.39 is 11.4 Å². The second-order valence-electron chi connectivity index (χ2n) is 8.72. The van der Waals surface area contributed by atoms with Gasteiger partial charge in [0.25, 0.3) is 5.79 Å². The highest BCUT2D eigenvalue weighted by Crippen LogP contribution is 2.51. The second-order valence-corrected chi connectivity index (χ2v) is 9.12. The van der Waals surface area contributed by atoms with Gasteiger partial charge in [0.2, 0.25) is 0 Å². The highest BCUT2D eigenvalue weighted by atomic mass is 32.1. The maximum atomic E-state index is 10.6. The van der Waals surface area contributed by atoms with Gasteiger partial charge in [-0.15, -0.1) is 0 Å². The van der Waals surface area contributed by atoms with Crippen molar-refractivity contribution in [2.24, 2.45) is 5.10 Å². The first-order valence-corrected chi connectivity index (χ1v) is 11.4. The Morgan fingerprint density at radius 1 is 1.03 bits per heavy atom. The molecule has 3 N–H and O–H groups in total. The van der Waals surface area contributed by atoms with Crippen LogP contribution in [-0.4, -0.2) is 16.4 Å². The molecule has 2 aliphatic heterocycles. The summed E-state index contributed by atoms with van der Waals surface area (Å²) in [7, 11) is 0. The van der Waals surface area contributed by atoms with Gasteiger partial charge in [-0.2, -0.15) is 5.10 Å². The minimum Gasteiger partial charge on any atom is -0.507 e. The number of ether oxygens (including phenoxy) is 2. The van der Waals surface area contributed by atoms with Gasteiger partial charge in [-0.1, -0.05) is 54.6 Å². The van der Waals surface area contributed by atoms with E-state index in [1.807, 2.05) is 74.5 Å². The summed E-state index contributed by atoms with van der Waals surface area (Å²) in [6.45, 7) is 4.62. The molecule has 0 unspecified atom stereocenters. The molecule has 0 saturated carbocycles. The molecule has 3 aromatic carbocycles. The smallest absolute Gasteiger partial charge is 0.258 e. The Hall–Kier alpha value is -3.68. The average molecular weight is 472 g/mol. The molecule has 3 aromatic rings. The lowest BCUT2D eigenvalue weighted by atomic mass is 9.92. The van der Waals surface area contributed by atoms with E-state index in [0.29, 0.717) is 23.0 Å². The zero-order chi connectivity index (χ0) is 23.8. The summed E-state index contributed by atoms with van der Waals surface area (Å²) >= 11 is 5.31. The van der Waals surface area contributed by atoms with Gasteiger partial charge >= 0.3 is 0 Å². The molecule has 0 bridgehead atoms. The minimum atomic E-state index is -1.08. The maximum absolute atomic E-state index is 10.6. The molecule has 2 aliphatic rings. The highest BCUT2D eigenvalue weighted by Gasteiger charge is 2.51. The average Bonchev–Trinajstić information content (AvgIpc) is 3.06. The van der Waals surface area contributed by atoms with Crippen molar-refractivity contribution in [1.82, 2.24) is 10.7 Å². The molecule has 0 amide bonds. The molecule has 0 fully saturated rings. The summed E-state index contributed by atoms with van der Waals surface area (Å²) in [5.41, 5.74) is 6.64. The van der Waals surface area contributed by atoms with Crippen molar-refractivity contribution in [3.8, 4) is 11.5 Å². The van der Waals surface area contributed by atoms with Gasteiger partial charge in [0, 0.05) is 17.7 Å². The van der Waals surface area contributed by atoms with Crippen molar-refractivity contribution in [3.63, 3.8) is 0 Å². The Morgan fingerprint density at radius 3 is 2.56 bits per heavy atom. The van der Waals surface area contributed by atoms with Crippen LogP contribution in [0.2, 0.25) is 0 Å². The van der Waals surface area contributed by atoms with Crippen LogP contribution in [-0.2, 0) is 22.7 Å². The number of hydrogen-bond acceptors (Lipinski definition) is 5. The number of hydrazone groups is 1. The van der Waals surface area contributed by atoms with Crippen LogP contribution in [0.4, 0.5) is 0 Å². The first-order valence-electron chi connectivity index (χ1n) is 11.0. The van der Waals surface area contributed by atoms with Crippen LogP contribution in [0.25, 0.3) is 6.08 Å². The minimum absolute atomic E-state index is 0.0449. The Balaban J connectivity index is 1.37. The van der Waals surface area contributed by atoms with Crippen molar-refractivity contribution < 1.29 is 14.6 Å². The number of thiocarbonyl (C=S) groups is 1. The summed E-state index contributed by atoms with van der Waals surface area (Å²) in [6.07, 6.45) is 5.37. The predicted molar refractivity (Wildman–Crippen MR) is 137 cm³/mol. The fourth-order valence-corrected chi connectivity index (χ4v) is 4.46. The number of benzene rings is 3. The third-order valence-corrected chi connectivity index (χ3v) is 6.19. The molecule has 2 heterocycles. The molecule has 1 atom stereocenters. The SMILES string of the molecule is CC1(C)O[C@@]2(C=Cc3ccc(O)c(/C=N/NC(=S)NCc4ccccc4)c3O2)c2ccccc21. The Morgan fingerprint density at radius 2 is 1.76 bits per heavy atom. The number of nitrogens with zero attached hydrogens (tertiary/aromatic N) is 1. The summed E-state index contributed by atoms with van der Waals surface area (Å²) in [5.74, 6) is -0.545. The van der Waals surface area contributed by atoms with Crippen molar-refractivity contribution in [3.05, 3.63) is 101 Å². The van der Waals surface area contributed by atoms with Gasteiger partial charge in [-0.3, -0.25) is 5.43 Å². The van der Waals surface area contributed by atoms with E-state index in [0.717, 1.165) is 22.3 Å². The van der Waals surface area contributed by atoms with E-state index in [1.54, 1.807) is 12.1 Å². The Labute approximate surface area is 203 Å². The number of phenols is 1. The monoisotopic (exact) mass is 471 g/mol. The third-order valence-electron chi connectivity index (χ3n) is 5.95. The van der Waals surface area contributed by atoms with Crippen molar-refractivity contribution >= 4 is 29.6 Å². The Bertz CT molecular complexity index is 1300. The number of rotatable bonds is 4. The highest BCUT2D eigenvalue weighted by molar-refractivity contribution is 7.80.